The zero-order chi connectivity index (χ0) is 10.7. The molecule has 1 aromatic carbocycles. The zero-order valence-corrected chi connectivity index (χ0v) is 9.34. The molecule has 80 valence electrons. The summed E-state index contributed by atoms with van der Waals surface area (Å²) in [6.07, 6.45) is 0.711. The number of methoxy groups -OCH3 is 1. The van der Waals surface area contributed by atoms with E-state index in [1.807, 2.05) is 18.2 Å². The van der Waals surface area contributed by atoms with Crippen molar-refractivity contribution in [1.82, 2.24) is 5.32 Å². The number of ether oxygens (including phenoxy) is 1. The van der Waals surface area contributed by atoms with Gasteiger partial charge in [0.1, 0.15) is 11.6 Å². The van der Waals surface area contributed by atoms with Gasteiger partial charge >= 0.3 is 0 Å². The molecular weight excluding hydrogens is 212 g/mol. The van der Waals surface area contributed by atoms with E-state index in [4.69, 9.17) is 16.3 Å². The third kappa shape index (κ3) is 2.23. The Morgan fingerprint density at radius 2 is 2.40 bits per heavy atom. The first-order valence-electron chi connectivity index (χ1n) is 4.90. The first-order valence-corrected chi connectivity index (χ1v) is 5.27. The van der Waals surface area contributed by atoms with Crippen molar-refractivity contribution in [3.8, 4) is 5.75 Å². The van der Waals surface area contributed by atoms with Crippen LogP contribution in [-0.4, -0.2) is 26.0 Å². The Balaban J connectivity index is 2.25. The zero-order valence-electron chi connectivity index (χ0n) is 8.59. The molecule has 0 spiro atoms. The van der Waals surface area contributed by atoms with Gasteiger partial charge in [-0.05, 0) is 12.1 Å². The van der Waals surface area contributed by atoms with Crippen LogP contribution >= 0.6 is 11.6 Å². The van der Waals surface area contributed by atoms with Gasteiger partial charge in [-0.15, -0.1) is 0 Å². The average molecular weight is 225 g/mol. The standard InChI is InChI=1S/C11H13ClN2O/c1-15-10-4-2-3-9(12)8(10)7-11-13-5-6-14-11/h2-4H,5-7H2,1H3,(H,13,14). The summed E-state index contributed by atoms with van der Waals surface area (Å²) in [7, 11) is 1.65. The minimum Gasteiger partial charge on any atom is -0.496 e. The lowest BCUT2D eigenvalue weighted by Crippen LogP contribution is -2.20. The van der Waals surface area contributed by atoms with Gasteiger partial charge in [0.15, 0.2) is 0 Å². The number of benzene rings is 1. The highest BCUT2D eigenvalue weighted by atomic mass is 35.5. The van der Waals surface area contributed by atoms with Gasteiger partial charge < -0.3 is 10.1 Å². The maximum absolute atomic E-state index is 6.12. The number of hydrogen-bond acceptors (Lipinski definition) is 3. The van der Waals surface area contributed by atoms with Crippen molar-refractivity contribution in [1.29, 1.82) is 0 Å². The molecule has 0 aromatic heterocycles. The number of amidine groups is 1. The molecule has 0 bridgehead atoms. The smallest absolute Gasteiger partial charge is 0.123 e. The van der Waals surface area contributed by atoms with Crippen LogP contribution in [0.3, 0.4) is 0 Å². The first kappa shape index (κ1) is 10.3. The highest BCUT2D eigenvalue weighted by molar-refractivity contribution is 6.31. The number of aliphatic imine (C=N–C) groups is 1. The second kappa shape index (κ2) is 4.53. The van der Waals surface area contributed by atoms with Crippen molar-refractivity contribution >= 4 is 17.4 Å². The quantitative estimate of drug-likeness (QED) is 0.851. The molecule has 0 unspecified atom stereocenters. The normalized spacial score (nSPS) is 14.7. The minimum absolute atomic E-state index is 0.711. The predicted octanol–water partition coefficient (Wildman–Crippen LogP) is 1.89. The van der Waals surface area contributed by atoms with Crippen LogP contribution in [0.2, 0.25) is 5.02 Å². The van der Waals surface area contributed by atoms with Crippen molar-refractivity contribution in [2.24, 2.45) is 4.99 Å². The predicted molar refractivity (Wildman–Crippen MR) is 62.0 cm³/mol. The highest BCUT2D eigenvalue weighted by Gasteiger charge is 2.12. The van der Waals surface area contributed by atoms with Crippen LogP contribution in [0.5, 0.6) is 5.75 Å². The molecule has 15 heavy (non-hydrogen) atoms. The summed E-state index contributed by atoms with van der Waals surface area (Å²) in [4.78, 5) is 4.34. The summed E-state index contributed by atoms with van der Waals surface area (Å²) < 4.78 is 5.27. The molecule has 0 fully saturated rings. The van der Waals surface area contributed by atoms with Crippen LogP contribution in [0, 0.1) is 0 Å². The van der Waals surface area contributed by atoms with E-state index < -0.39 is 0 Å². The topological polar surface area (TPSA) is 33.6 Å². The molecule has 3 nitrogen and oxygen atoms in total. The molecule has 0 atom stereocenters. The monoisotopic (exact) mass is 224 g/mol. The second-order valence-electron chi connectivity index (χ2n) is 3.35. The molecule has 0 amide bonds. The molecule has 1 N–H and O–H groups in total. The number of rotatable bonds is 3. The lowest BCUT2D eigenvalue weighted by molar-refractivity contribution is 0.411. The van der Waals surface area contributed by atoms with Crippen LogP contribution in [0.1, 0.15) is 5.56 Å². The fraction of sp³-hybridized carbons (Fsp3) is 0.364. The fourth-order valence-electron chi connectivity index (χ4n) is 1.63. The van der Waals surface area contributed by atoms with Gasteiger partial charge in [-0.1, -0.05) is 17.7 Å². The Kier molecular flexibility index (Phi) is 3.11. The van der Waals surface area contributed by atoms with Gasteiger partial charge in [-0.2, -0.15) is 0 Å². The lowest BCUT2D eigenvalue weighted by atomic mass is 10.1. The lowest BCUT2D eigenvalue weighted by Gasteiger charge is -2.10. The summed E-state index contributed by atoms with van der Waals surface area (Å²) in [5.41, 5.74) is 0.995. The summed E-state index contributed by atoms with van der Waals surface area (Å²) in [5, 5.41) is 3.95. The fourth-order valence-corrected chi connectivity index (χ4v) is 1.87. The molecule has 1 aliphatic rings. The van der Waals surface area contributed by atoms with E-state index in [0.717, 1.165) is 35.3 Å². The number of nitrogens with zero attached hydrogens (tertiary/aromatic N) is 1. The third-order valence-electron chi connectivity index (χ3n) is 2.38. The Bertz CT molecular complexity index is 390. The largest absolute Gasteiger partial charge is 0.496 e. The van der Waals surface area contributed by atoms with Crippen LogP contribution in [0.15, 0.2) is 23.2 Å². The molecule has 1 aromatic rings. The Morgan fingerprint density at radius 1 is 1.53 bits per heavy atom. The number of hydrogen-bond donors (Lipinski definition) is 1. The van der Waals surface area contributed by atoms with Crippen LogP contribution in [0.25, 0.3) is 0 Å². The van der Waals surface area contributed by atoms with E-state index in [9.17, 15) is 0 Å². The van der Waals surface area contributed by atoms with E-state index in [1.54, 1.807) is 7.11 Å². The van der Waals surface area contributed by atoms with Gasteiger partial charge in [-0.25, -0.2) is 0 Å². The SMILES string of the molecule is COc1cccc(Cl)c1CC1=NCCN1. The van der Waals surface area contributed by atoms with E-state index in [2.05, 4.69) is 10.3 Å². The van der Waals surface area contributed by atoms with Gasteiger partial charge in [0, 0.05) is 23.6 Å². The Labute approximate surface area is 94.1 Å². The van der Waals surface area contributed by atoms with E-state index >= 15 is 0 Å². The third-order valence-corrected chi connectivity index (χ3v) is 2.74. The second-order valence-corrected chi connectivity index (χ2v) is 3.76. The van der Waals surface area contributed by atoms with Crippen LogP contribution in [0.4, 0.5) is 0 Å². The molecular formula is C11H13ClN2O. The molecule has 1 heterocycles. The van der Waals surface area contributed by atoms with Crippen molar-refractivity contribution < 1.29 is 4.74 Å². The van der Waals surface area contributed by atoms with Crippen molar-refractivity contribution in [3.05, 3.63) is 28.8 Å². The van der Waals surface area contributed by atoms with Crippen molar-refractivity contribution in [3.63, 3.8) is 0 Å². The van der Waals surface area contributed by atoms with Crippen molar-refractivity contribution in [2.75, 3.05) is 20.2 Å². The van der Waals surface area contributed by atoms with Gasteiger partial charge in [-0.3, -0.25) is 4.99 Å². The highest BCUT2D eigenvalue weighted by Crippen LogP contribution is 2.26. The Morgan fingerprint density at radius 3 is 3.07 bits per heavy atom. The first-order chi connectivity index (χ1) is 7.31. The van der Waals surface area contributed by atoms with E-state index in [1.165, 1.54) is 0 Å². The average Bonchev–Trinajstić information content (AvgIpc) is 2.74. The molecule has 0 aliphatic carbocycles. The van der Waals surface area contributed by atoms with Gasteiger partial charge in [0.05, 0.1) is 13.7 Å². The summed E-state index contributed by atoms with van der Waals surface area (Å²) in [6, 6.07) is 5.67. The summed E-state index contributed by atoms with van der Waals surface area (Å²) >= 11 is 6.12. The summed E-state index contributed by atoms with van der Waals surface area (Å²) in [6.45, 7) is 1.77. The van der Waals surface area contributed by atoms with Gasteiger partial charge in [0.2, 0.25) is 0 Å². The molecule has 0 saturated carbocycles. The van der Waals surface area contributed by atoms with Gasteiger partial charge in [0.25, 0.3) is 0 Å². The summed E-state index contributed by atoms with van der Waals surface area (Å²) in [5.74, 6) is 1.81. The van der Waals surface area contributed by atoms with E-state index in [-0.39, 0.29) is 0 Å². The molecule has 2 rings (SSSR count). The molecule has 0 saturated heterocycles. The van der Waals surface area contributed by atoms with Crippen LogP contribution in [-0.2, 0) is 6.42 Å². The maximum atomic E-state index is 6.12. The molecule has 1 aliphatic heterocycles. The maximum Gasteiger partial charge on any atom is 0.123 e. The molecule has 0 radical (unpaired) electrons. The Hall–Kier alpha value is -1.22. The van der Waals surface area contributed by atoms with Crippen molar-refractivity contribution in [2.45, 2.75) is 6.42 Å². The number of nitrogens with one attached hydrogen (secondary N) is 1. The van der Waals surface area contributed by atoms with E-state index in [0.29, 0.717) is 6.42 Å². The number of halogens is 1. The van der Waals surface area contributed by atoms with Crippen LogP contribution < -0.4 is 10.1 Å². The minimum atomic E-state index is 0.711. The molecule has 4 heteroatoms.